The summed E-state index contributed by atoms with van der Waals surface area (Å²) in [5, 5.41) is 11.3. The van der Waals surface area contributed by atoms with E-state index in [0.717, 1.165) is 12.8 Å². The standard InChI is InChI=1S/C13H17N5O3S2/c1-2-9(19)18(8-3-4-8)12-15-16-13(23-12)22-7-10(20)17-6-5-14-11(17)21/h8H,2-7H2,1H3,(H,14,21). The smallest absolute Gasteiger partial charge is 0.324 e. The summed E-state index contributed by atoms with van der Waals surface area (Å²) < 4.78 is 0.627. The van der Waals surface area contributed by atoms with Crippen LogP contribution in [0, 0.1) is 0 Å². The van der Waals surface area contributed by atoms with Crippen molar-refractivity contribution in [2.75, 3.05) is 23.7 Å². The average molecular weight is 355 g/mol. The summed E-state index contributed by atoms with van der Waals surface area (Å²) >= 11 is 2.56. The van der Waals surface area contributed by atoms with E-state index in [-0.39, 0.29) is 29.6 Å². The highest BCUT2D eigenvalue weighted by Gasteiger charge is 2.35. The molecular weight excluding hydrogens is 338 g/mol. The van der Waals surface area contributed by atoms with E-state index in [1.165, 1.54) is 28.0 Å². The quantitative estimate of drug-likeness (QED) is 0.606. The van der Waals surface area contributed by atoms with Gasteiger partial charge in [0, 0.05) is 25.6 Å². The van der Waals surface area contributed by atoms with E-state index in [1.54, 1.807) is 4.90 Å². The summed E-state index contributed by atoms with van der Waals surface area (Å²) in [4.78, 5) is 38.4. The largest absolute Gasteiger partial charge is 0.336 e. The highest BCUT2D eigenvalue weighted by molar-refractivity contribution is 8.01. The highest BCUT2D eigenvalue weighted by Crippen LogP contribution is 2.36. The number of thioether (sulfide) groups is 1. The van der Waals surface area contributed by atoms with Crippen LogP contribution in [0.25, 0.3) is 0 Å². The molecule has 1 saturated carbocycles. The van der Waals surface area contributed by atoms with Crippen LogP contribution in [-0.4, -0.2) is 57.8 Å². The van der Waals surface area contributed by atoms with Gasteiger partial charge < -0.3 is 5.32 Å². The lowest BCUT2D eigenvalue weighted by molar-refractivity contribution is -0.124. The Balaban J connectivity index is 1.59. The minimum atomic E-state index is -0.345. The van der Waals surface area contributed by atoms with Crippen LogP contribution in [0.1, 0.15) is 26.2 Å². The van der Waals surface area contributed by atoms with Crippen LogP contribution >= 0.6 is 23.1 Å². The molecule has 2 fully saturated rings. The first kappa shape index (κ1) is 16.2. The first-order chi connectivity index (χ1) is 11.1. The number of rotatable bonds is 6. The Morgan fingerprint density at radius 2 is 2.22 bits per heavy atom. The van der Waals surface area contributed by atoms with Crippen molar-refractivity contribution in [2.45, 2.75) is 36.6 Å². The van der Waals surface area contributed by atoms with E-state index in [4.69, 9.17) is 0 Å². The van der Waals surface area contributed by atoms with Gasteiger partial charge in [-0.25, -0.2) is 4.79 Å². The molecule has 0 atom stereocenters. The predicted octanol–water partition coefficient (Wildman–Crippen LogP) is 1.09. The molecular formula is C13H17N5O3S2. The van der Waals surface area contributed by atoms with E-state index in [9.17, 15) is 14.4 Å². The molecule has 1 N–H and O–H groups in total. The molecule has 10 heteroatoms. The highest BCUT2D eigenvalue weighted by atomic mass is 32.2. The normalized spacial score (nSPS) is 17.3. The third-order valence-electron chi connectivity index (χ3n) is 3.56. The molecule has 1 aromatic heterocycles. The molecule has 4 amide bonds. The topological polar surface area (TPSA) is 95.5 Å². The fraction of sp³-hybridized carbons (Fsp3) is 0.615. The summed E-state index contributed by atoms with van der Waals surface area (Å²) in [6, 6.07) is -0.106. The third kappa shape index (κ3) is 3.63. The summed E-state index contributed by atoms with van der Waals surface area (Å²) in [5.41, 5.74) is 0. The number of anilines is 1. The fourth-order valence-electron chi connectivity index (χ4n) is 2.24. The Morgan fingerprint density at radius 3 is 2.83 bits per heavy atom. The lowest BCUT2D eigenvalue weighted by atomic mass is 10.4. The van der Waals surface area contributed by atoms with Crippen molar-refractivity contribution in [3.63, 3.8) is 0 Å². The molecule has 1 aliphatic carbocycles. The van der Waals surface area contributed by atoms with Crippen LogP contribution in [0.5, 0.6) is 0 Å². The molecule has 0 bridgehead atoms. The van der Waals surface area contributed by atoms with Gasteiger partial charge in [-0.15, -0.1) is 10.2 Å². The predicted molar refractivity (Wildman–Crippen MR) is 86.5 cm³/mol. The van der Waals surface area contributed by atoms with Crippen molar-refractivity contribution in [1.29, 1.82) is 0 Å². The van der Waals surface area contributed by atoms with Crippen LogP contribution in [0.2, 0.25) is 0 Å². The zero-order chi connectivity index (χ0) is 16.4. The van der Waals surface area contributed by atoms with Gasteiger partial charge in [0.25, 0.3) is 0 Å². The number of imide groups is 1. The number of urea groups is 1. The molecule has 1 aromatic rings. The number of hydrogen-bond acceptors (Lipinski definition) is 7. The number of amides is 4. The third-order valence-corrected chi connectivity index (χ3v) is 5.60. The zero-order valence-corrected chi connectivity index (χ0v) is 14.3. The molecule has 23 heavy (non-hydrogen) atoms. The zero-order valence-electron chi connectivity index (χ0n) is 12.7. The average Bonchev–Trinajstić information content (AvgIpc) is 3.10. The summed E-state index contributed by atoms with van der Waals surface area (Å²) in [6.45, 7) is 2.72. The summed E-state index contributed by atoms with van der Waals surface area (Å²) in [6.07, 6.45) is 2.42. The van der Waals surface area contributed by atoms with Gasteiger partial charge in [0.2, 0.25) is 16.9 Å². The number of nitrogens with zero attached hydrogens (tertiary/aromatic N) is 4. The van der Waals surface area contributed by atoms with Crippen molar-refractivity contribution >= 4 is 46.1 Å². The first-order valence-corrected chi connectivity index (χ1v) is 9.27. The minimum absolute atomic E-state index is 0.0463. The van der Waals surface area contributed by atoms with Crippen LogP contribution in [0.3, 0.4) is 0 Å². The lowest BCUT2D eigenvalue weighted by Gasteiger charge is -2.17. The van der Waals surface area contributed by atoms with E-state index in [1.807, 2.05) is 6.92 Å². The maximum absolute atomic E-state index is 12.0. The van der Waals surface area contributed by atoms with E-state index >= 15 is 0 Å². The lowest BCUT2D eigenvalue weighted by Crippen LogP contribution is -2.35. The second-order valence-electron chi connectivity index (χ2n) is 5.26. The molecule has 1 aliphatic heterocycles. The maximum Gasteiger partial charge on any atom is 0.324 e. The fourth-order valence-corrected chi connectivity index (χ4v) is 4.04. The molecule has 1 saturated heterocycles. The van der Waals surface area contributed by atoms with Gasteiger partial charge in [-0.1, -0.05) is 30.0 Å². The van der Waals surface area contributed by atoms with Crippen molar-refractivity contribution < 1.29 is 14.4 Å². The summed E-state index contributed by atoms with van der Waals surface area (Å²) in [5.74, 6) is -0.0665. The first-order valence-electron chi connectivity index (χ1n) is 7.46. The van der Waals surface area contributed by atoms with Crippen LogP contribution in [0.15, 0.2) is 4.34 Å². The van der Waals surface area contributed by atoms with E-state index in [2.05, 4.69) is 15.5 Å². The summed E-state index contributed by atoms with van der Waals surface area (Å²) in [7, 11) is 0. The van der Waals surface area contributed by atoms with Crippen LogP contribution in [0.4, 0.5) is 9.93 Å². The second kappa shape index (κ2) is 6.83. The van der Waals surface area contributed by atoms with E-state index in [0.29, 0.717) is 29.0 Å². The molecule has 0 radical (unpaired) electrons. The van der Waals surface area contributed by atoms with Crippen LogP contribution in [-0.2, 0) is 9.59 Å². The molecule has 0 unspecified atom stereocenters. The molecule has 124 valence electrons. The van der Waals surface area contributed by atoms with Crippen molar-refractivity contribution in [1.82, 2.24) is 20.4 Å². The Morgan fingerprint density at radius 1 is 1.43 bits per heavy atom. The maximum atomic E-state index is 12.0. The van der Waals surface area contributed by atoms with Gasteiger partial charge in [0.15, 0.2) is 4.34 Å². The number of carbonyl (C=O) groups excluding carboxylic acids is 3. The molecule has 2 aliphatic rings. The Labute approximate surface area is 141 Å². The molecule has 2 heterocycles. The van der Waals surface area contributed by atoms with Gasteiger partial charge in [-0.2, -0.15) is 0 Å². The van der Waals surface area contributed by atoms with Gasteiger partial charge in [-0.3, -0.25) is 19.4 Å². The van der Waals surface area contributed by atoms with Crippen molar-refractivity contribution in [3.8, 4) is 0 Å². The number of hydrogen-bond donors (Lipinski definition) is 1. The number of nitrogens with one attached hydrogen (secondary N) is 1. The number of aromatic nitrogens is 2. The Kier molecular flexibility index (Phi) is 4.81. The molecule has 3 rings (SSSR count). The Hall–Kier alpha value is -1.68. The molecule has 0 spiro atoms. The van der Waals surface area contributed by atoms with Gasteiger partial charge in [0.1, 0.15) is 0 Å². The van der Waals surface area contributed by atoms with Crippen LogP contribution < -0.4 is 10.2 Å². The second-order valence-corrected chi connectivity index (χ2v) is 7.44. The van der Waals surface area contributed by atoms with Gasteiger partial charge in [-0.05, 0) is 12.8 Å². The molecule has 8 nitrogen and oxygen atoms in total. The van der Waals surface area contributed by atoms with Crippen molar-refractivity contribution in [3.05, 3.63) is 0 Å². The van der Waals surface area contributed by atoms with Crippen molar-refractivity contribution in [2.24, 2.45) is 0 Å². The number of carbonyl (C=O) groups is 3. The minimum Gasteiger partial charge on any atom is -0.336 e. The SMILES string of the molecule is CCC(=O)N(c1nnc(SCC(=O)N2CCNC2=O)s1)C1CC1. The monoisotopic (exact) mass is 355 g/mol. The molecule has 0 aromatic carbocycles. The van der Waals surface area contributed by atoms with Gasteiger partial charge >= 0.3 is 6.03 Å². The van der Waals surface area contributed by atoms with Gasteiger partial charge in [0.05, 0.1) is 5.75 Å². The van der Waals surface area contributed by atoms with E-state index < -0.39 is 0 Å². The Bertz CT molecular complexity index is 631.